The fourth-order valence-corrected chi connectivity index (χ4v) is 1.06. The fraction of sp³-hybridized carbons (Fsp3) is 0.333. The molecule has 3 nitrogen and oxygen atoms in total. The second kappa shape index (κ2) is 3.58. The molecule has 0 N–H and O–H groups in total. The van der Waals surface area contributed by atoms with Crippen LogP contribution < -0.4 is 0 Å². The first kappa shape index (κ1) is 9.74. The summed E-state index contributed by atoms with van der Waals surface area (Å²) in [5, 5.41) is 0.0706. The Kier molecular flexibility index (Phi) is 2.68. The zero-order valence-corrected chi connectivity index (χ0v) is 9.03. The maximum Gasteiger partial charge on any atom is 0.181 e. The molecule has 0 aliphatic heterocycles. The van der Waals surface area contributed by atoms with Crippen molar-refractivity contribution in [1.29, 1.82) is 0 Å². The Morgan fingerprint density at radius 2 is 2.15 bits per heavy atom. The Morgan fingerprint density at radius 3 is 2.62 bits per heavy atom. The molecule has 0 spiro atoms. The van der Waals surface area contributed by atoms with E-state index >= 15 is 0 Å². The highest BCUT2D eigenvalue weighted by Gasteiger charge is 2.21. The van der Waals surface area contributed by atoms with Crippen LogP contribution in [0.25, 0.3) is 0 Å². The molecule has 1 aromatic heterocycles. The lowest BCUT2D eigenvalue weighted by atomic mass is 10.7. The predicted octanol–water partition coefficient (Wildman–Crippen LogP) is 1.14. The second-order valence-corrected chi connectivity index (χ2v) is 8.74. The molecule has 68 valence electrons. The van der Waals surface area contributed by atoms with Gasteiger partial charge in [-0.05, 0) is 5.92 Å². The number of hydrogen-bond acceptors (Lipinski definition) is 2. The summed E-state index contributed by atoms with van der Waals surface area (Å²) in [6, 6.07) is 2.72. The highest BCUT2D eigenvalue weighted by atomic mass is 28.3. The summed E-state index contributed by atoms with van der Waals surface area (Å²) in [4.78, 5) is 15.2. The van der Waals surface area contributed by atoms with Gasteiger partial charge in [0.15, 0.2) is 5.41 Å². The van der Waals surface area contributed by atoms with E-state index in [1.807, 2.05) is 19.6 Å². The van der Waals surface area contributed by atoms with Gasteiger partial charge < -0.3 is 0 Å². The molecule has 0 aromatic carbocycles. The fourth-order valence-electron chi connectivity index (χ4n) is 0.628. The third-order valence-electron chi connectivity index (χ3n) is 1.48. The zero-order chi connectivity index (χ0) is 9.90. The van der Waals surface area contributed by atoms with Crippen LogP contribution in [0.3, 0.4) is 0 Å². The number of nitrogens with zero attached hydrogens (tertiary/aromatic N) is 2. The van der Waals surface area contributed by atoms with Crippen molar-refractivity contribution < 1.29 is 4.79 Å². The molecule has 0 saturated carbocycles. The van der Waals surface area contributed by atoms with Crippen molar-refractivity contribution in [2.24, 2.45) is 0 Å². The molecule has 0 aliphatic carbocycles. The highest BCUT2D eigenvalue weighted by molar-refractivity contribution is 7.05. The Hall–Kier alpha value is -1.34. The van der Waals surface area contributed by atoms with Gasteiger partial charge in [-0.3, -0.25) is 9.36 Å². The summed E-state index contributed by atoms with van der Waals surface area (Å²) in [6.45, 7) is 5.95. The van der Waals surface area contributed by atoms with Gasteiger partial charge in [-0.2, -0.15) is 0 Å². The summed E-state index contributed by atoms with van der Waals surface area (Å²) in [5.74, 6) is 2.62. The van der Waals surface area contributed by atoms with E-state index in [1.54, 1.807) is 23.3 Å². The van der Waals surface area contributed by atoms with Crippen LogP contribution in [0, 0.1) is 12.0 Å². The average Bonchev–Trinajstić information content (AvgIpc) is 2.50. The Balaban J connectivity index is 2.74. The van der Waals surface area contributed by atoms with Crippen LogP contribution in [0.4, 0.5) is 0 Å². The van der Waals surface area contributed by atoms with E-state index in [2.05, 4.69) is 16.9 Å². The topological polar surface area (TPSA) is 34.9 Å². The lowest BCUT2D eigenvalue weighted by molar-refractivity contribution is -0.107. The van der Waals surface area contributed by atoms with E-state index in [-0.39, 0.29) is 5.41 Å². The Morgan fingerprint density at radius 1 is 1.46 bits per heavy atom. The van der Waals surface area contributed by atoms with Gasteiger partial charge >= 0.3 is 0 Å². The van der Waals surface area contributed by atoms with Crippen LogP contribution in [0.5, 0.6) is 0 Å². The summed E-state index contributed by atoms with van der Waals surface area (Å²) in [7, 11) is -1.74. The van der Waals surface area contributed by atoms with E-state index in [1.165, 1.54) is 0 Å². The molecule has 1 rings (SSSR count). The van der Waals surface area contributed by atoms with Crippen molar-refractivity contribution >= 4 is 13.5 Å². The van der Waals surface area contributed by atoms with Crippen LogP contribution in [0.15, 0.2) is 18.7 Å². The Labute approximate surface area is 78.8 Å². The molecule has 0 amide bonds. The summed E-state index contributed by atoms with van der Waals surface area (Å²) in [5.41, 5.74) is 0. The molecule has 0 bridgehead atoms. The molecule has 4 heteroatoms. The van der Waals surface area contributed by atoms with Gasteiger partial charge in [-0.25, -0.2) is 4.98 Å². The number of hydrogen-bond donors (Lipinski definition) is 0. The number of carbonyl (C=O) groups is 1. The number of rotatable bonds is 1. The van der Waals surface area contributed by atoms with Crippen LogP contribution in [0.1, 0.15) is 0 Å². The normalized spacial score (nSPS) is 10.4. The van der Waals surface area contributed by atoms with Crippen LogP contribution in [-0.4, -0.2) is 23.0 Å². The molecule has 1 aromatic rings. The maximum absolute atomic E-state index is 11.4. The molecule has 0 aliphatic rings. The summed E-state index contributed by atoms with van der Waals surface area (Å²) in [6.07, 6.45) is 4.92. The van der Waals surface area contributed by atoms with E-state index < -0.39 is 8.07 Å². The first-order chi connectivity index (χ1) is 6.00. The zero-order valence-electron chi connectivity index (χ0n) is 8.03. The van der Waals surface area contributed by atoms with Gasteiger partial charge in [-0.1, -0.05) is 19.6 Å². The van der Waals surface area contributed by atoms with Gasteiger partial charge in [0.2, 0.25) is 0 Å². The highest BCUT2D eigenvalue weighted by Crippen LogP contribution is 2.00. The third-order valence-corrected chi connectivity index (χ3v) is 2.97. The number of imidazole rings is 1. The van der Waals surface area contributed by atoms with Crippen molar-refractivity contribution in [2.75, 3.05) is 0 Å². The van der Waals surface area contributed by atoms with Gasteiger partial charge in [0.25, 0.3) is 0 Å². The van der Waals surface area contributed by atoms with Crippen molar-refractivity contribution in [3.63, 3.8) is 0 Å². The average molecular weight is 192 g/mol. The molecule has 0 unspecified atom stereocenters. The quantitative estimate of drug-likeness (QED) is 0.494. The van der Waals surface area contributed by atoms with Gasteiger partial charge in [-0.15, -0.1) is 0 Å². The Bertz CT molecular complexity index is 351. The molecule has 0 atom stereocenters. The predicted molar refractivity (Wildman–Crippen MR) is 53.8 cm³/mol. The molecular weight excluding hydrogens is 180 g/mol. The monoisotopic (exact) mass is 192 g/mol. The minimum Gasteiger partial charge on any atom is -0.291 e. The van der Waals surface area contributed by atoms with Crippen LogP contribution in [0.2, 0.25) is 19.6 Å². The largest absolute Gasteiger partial charge is 0.291 e. The standard InChI is InChI=1S/C9H12N2OSi/c1-13(2,3)9(12)4-6-11-7-5-10-8-11/h5,7-8H,1-3H3. The summed E-state index contributed by atoms with van der Waals surface area (Å²) >= 11 is 0. The first-order valence-electron chi connectivity index (χ1n) is 4.04. The molecule has 1 heterocycles. The number of carbonyl (C=O) groups excluding carboxylic acids is 1. The third kappa shape index (κ3) is 2.88. The second-order valence-electron chi connectivity index (χ2n) is 3.79. The van der Waals surface area contributed by atoms with E-state index in [9.17, 15) is 4.79 Å². The minimum absolute atomic E-state index is 0.0706. The SMILES string of the molecule is C[Si](C)(C)C(=O)C#Cn1ccnc1. The molecular formula is C9H12N2OSi. The van der Waals surface area contributed by atoms with E-state index in [4.69, 9.17) is 0 Å². The minimum atomic E-state index is -1.74. The lowest BCUT2D eigenvalue weighted by Gasteiger charge is -2.07. The van der Waals surface area contributed by atoms with Crippen molar-refractivity contribution in [3.8, 4) is 12.0 Å². The van der Waals surface area contributed by atoms with E-state index in [0.717, 1.165) is 0 Å². The molecule has 0 saturated heterocycles. The van der Waals surface area contributed by atoms with E-state index in [0.29, 0.717) is 0 Å². The maximum atomic E-state index is 11.4. The lowest BCUT2D eigenvalue weighted by Crippen LogP contribution is -2.32. The van der Waals surface area contributed by atoms with Crippen LogP contribution in [-0.2, 0) is 4.79 Å². The smallest absolute Gasteiger partial charge is 0.181 e. The van der Waals surface area contributed by atoms with Gasteiger partial charge in [0.1, 0.15) is 14.4 Å². The molecule has 0 fully saturated rings. The van der Waals surface area contributed by atoms with Gasteiger partial charge in [0, 0.05) is 18.4 Å². The number of aromatic nitrogens is 2. The van der Waals surface area contributed by atoms with Crippen molar-refractivity contribution in [1.82, 2.24) is 9.55 Å². The van der Waals surface area contributed by atoms with Crippen LogP contribution >= 0.6 is 0 Å². The molecule has 13 heavy (non-hydrogen) atoms. The van der Waals surface area contributed by atoms with Crippen molar-refractivity contribution in [2.45, 2.75) is 19.6 Å². The van der Waals surface area contributed by atoms with Gasteiger partial charge in [0.05, 0.1) is 0 Å². The summed E-state index contributed by atoms with van der Waals surface area (Å²) < 4.78 is 1.58. The molecule has 0 radical (unpaired) electrons. The first-order valence-corrected chi connectivity index (χ1v) is 7.54. The van der Waals surface area contributed by atoms with Crippen molar-refractivity contribution in [3.05, 3.63) is 18.7 Å².